The minimum absolute atomic E-state index is 0.415. The molecular weight excluding hydrogens is 495 g/mol. The molecule has 0 saturated heterocycles. The molecule has 6 nitrogen and oxygen atoms in total. The second-order valence-corrected chi connectivity index (χ2v) is 10.3. The van der Waals surface area contributed by atoms with E-state index in [4.69, 9.17) is 13.6 Å². The lowest BCUT2D eigenvalue weighted by Crippen LogP contribution is -2.13. The molecule has 3 aromatic rings. The summed E-state index contributed by atoms with van der Waals surface area (Å²) in [5, 5.41) is 6.36. The van der Waals surface area contributed by atoms with Crippen LogP contribution in [0.1, 0.15) is 57.2 Å². The first-order chi connectivity index (χ1) is 18.2. The molecule has 0 bridgehead atoms. The molecular formula is C31H47N2O4P. The second-order valence-electron chi connectivity index (χ2n) is 8.82. The Morgan fingerprint density at radius 1 is 0.553 bits per heavy atom. The van der Waals surface area contributed by atoms with Crippen molar-refractivity contribution in [1.82, 2.24) is 10.6 Å². The topological polar surface area (TPSA) is 68.8 Å². The molecule has 0 aromatic heterocycles. The third-order valence-corrected chi connectivity index (χ3v) is 6.47. The number of nitrogens with one attached hydrogen (secondary N) is 2. The van der Waals surface area contributed by atoms with Gasteiger partial charge in [0.2, 0.25) is 0 Å². The molecule has 0 spiro atoms. The van der Waals surface area contributed by atoms with Gasteiger partial charge in [-0.05, 0) is 89.8 Å². The Labute approximate surface area is 230 Å². The van der Waals surface area contributed by atoms with Crippen molar-refractivity contribution in [2.45, 2.75) is 61.3 Å². The van der Waals surface area contributed by atoms with Crippen molar-refractivity contribution in [1.29, 1.82) is 0 Å². The van der Waals surface area contributed by atoms with E-state index in [1.165, 1.54) is 19.4 Å². The minimum atomic E-state index is -3.93. The predicted octanol–water partition coefficient (Wildman–Crippen LogP) is 8.27. The van der Waals surface area contributed by atoms with Crippen molar-refractivity contribution < 1.29 is 18.1 Å². The van der Waals surface area contributed by atoms with Crippen LogP contribution in [0.2, 0.25) is 0 Å². The van der Waals surface area contributed by atoms with Crippen molar-refractivity contribution in [3.05, 3.63) is 89.5 Å². The van der Waals surface area contributed by atoms with Crippen LogP contribution in [0.5, 0.6) is 17.2 Å². The summed E-state index contributed by atoms with van der Waals surface area (Å²) in [6.07, 6.45) is 2.61. The van der Waals surface area contributed by atoms with Crippen LogP contribution in [0.3, 0.4) is 0 Å². The number of hydrogen-bond acceptors (Lipinski definition) is 6. The highest BCUT2D eigenvalue weighted by Gasteiger charge is 2.33. The molecule has 0 fully saturated rings. The Bertz CT molecular complexity index is 911. The average Bonchev–Trinajstić information content (AvgIpc) is 2.90. The fourth-order valence-corrected chi connectivity index (χ4v) is 4.22. The smallest absolute Gasteiger partial charge is 0.386 e. The molecule has 0 saturated carbocycles. The quantitative estimate of drug-likeness (QED) is 0.177. The second kappa shape index (κ2) is 19.3. The van der Waals surface area contributed by atoms with E-state index in [1.54, 1.807) is 36.4 Å². The molecule has 0 amide bonds. The summed E-state index contributed by atoms with van der Waals surface area (Å²) in [5.41, 5.74) is 3.23. The molecule has 0 aliphatic carbocycles. The highest BCUT2D eigenvalue weighted by atomic mass is 31.2. The third kappa shape index (κ3) is 14.8. The highest BCUT2D eigenvalue weighted by Crippen LogP contribution is 2.49. The van der Waals surface area contributed by atoms with E-state index in [0.717, 1.165) is 36.3 Å². The van der Waals surface area contributed by atoms with Gasteiger partial charge in [-0.2, -0.15) is 4.57 Å². The van der Waals surface area contributed by atoms with Gasteiger partial charge in [-0.25, -0.2) is 0 Å². The van der Waals surface area contributed by atoms with E-state index in [-0.39, 0.29) is 0 Å². The van der Waals surface area contributed by atoms with Gasteiger partial charge in [0.1, 0.15) is 17.2 Å². The van der Waals surface area contributed by atoms with Crippen LogP contribution in [0.15, 0.2) is 72.8 Å². The Kier molecular flexibility index (Phi) is 16.9. The number of phosphoric ester groups is 1. The predicted molar refractivity (Wildman–Crippen MR) is 161 cm³/mol. The van der Waals surface area contributed by atoms with Crippen LogP contribution < -0.4 is 24.2 Å². The Hall–Kier alpha value is -2.79. The molecule has 0 unspecified atom stereocenters. The van der Waals surface area contributed by atoms with Crippen molar-refractivity contribution in [2.75, 3.05) is 26.2 Å². The third-order valence-electron chi connectivity index (χ3n) is 5.17. The summed E-state index contributed by atoms with van der Waals surface area (Å²) in [6.45, 7) is 18.9. The van der Waals surface area contributed by atoms with E-state index in [0.29, 0.717) is 17.2 Å². The molecule has 0 heterocycles. The zero-order chi connectivity index (χ0) is 28.2. The summed E-state index contributed by atoms with van der Waals surface area (Å²) < 4.78 is 30.2. The summed E-state index contributed by atoms with van der Waals surface area (Å²) in [4.78, 5) is 0. The Balaban J connectivity index is 0.000000503. The maximum absolute atomic E-state index is 13.3. The summed E-state index contributed by atoms with van der Waals surface area (Å²) in [7, 11) is -3.93. The fraction of sp³-hybridized carbons (Fsp3) is 0.419. The van der Waals surface area contributed by atoms with E-state index >= 15 is 0 Å². The van der Waals surface area contributed by atoms with Crippen molar-refractivity contribution >= 4 is 7.82 Å². The summed E-state index contributed by atoms with van der Waals surface area (Å²) in [6, 6.07) is 21.6. The highest BCUT2D eigenvalue weighted by molar-refractivity contribution is 7.49. The van der Waals surface area contributed by atoms with E-state index < -0.39 is 7.82 Å². The van der Waals surface area contributed by atoms with Crippen molar-refractivity contribution in [3.8, 4) is 17.2 Å². The van der Waals surface area contributed by atoms with Crippen LogP contribution in [0.25, 0.3) is 0 Å². The van der Waals surface area contributed by atoms with Crippen LogP contribution in [0.4, 0.5) is 0 Å². The van der Waals surface area contributed by atoms with Crippen LogP contribution >= 0.6 is 7.82 Å². The van der Waals surface area contributed by atoms with E-state index in [2.05, 4.69) is 38.3 Å². The normalized spacial score (nSPS) is 10.4. The Morgan fingerprint density at radius 2 is 0.868 bits per heavy atom. The lowest BCUT2D eigenvalue weighted by Gasteiger charge is -2.19. The average molecular weight is 543 g/mol. The molecule has 3 aromatic carbocycles. The monoisotopic (exact) mass is 542 g/mol. The van der Waals surface area contributed by atoms with Gasteiger partial charge < -0.3 is 24.2 Å². The van der Waals surface area contributed by atoms with Gasteiger partial charge in [0, 0.05) is 0 Å². The minimum Gasteiger partial charge on any atom is -0.386 e. The van der Waals surface area contributed by atoms with Crippen LogP contribution in [0, 0.1) is 20.8 Å². The zero-order valence-corrected chi connectivity index (χ0v) is 25.1. The molecule has 0 aliphatic heterocycles. The standard InChI is InChI=1S/C21H21O4P.C6H15N.C4H11N/c1-16-4-10-19(11-5-16)23-26(22,24-20-12-6-17(2)7-13-20)25-21-14-8-18(3)9-15-21;1-3-5-6-7-4-2;1-3-5-4-2/h4-15H,1-3H3;7H,3-6H2,1-2H3;5H,3-4H2,1-2H3. The molecule has 0 radical (unpaired) electrons. The maximum Gasteiger partial charge on any atom is 0.647 e. The van der Waals surface area contributed by atoms with Gasteiger partial charge >= 0.3 is 7.82 Å². The summed E-state index contributed by atoms with van der Waals surface area (Å²) in [5.74, 6) is 1.24. The number of unbranched alkanes of at least 4 members (excludes halogenated alkanes) is 1. The van der Waals surface area contributed by atoms with Crippen LogP contribution in [-0.2, 0) is 4.57 Å². The first-order valence-electron chi connectivity index (χ1n) is 13.5. The maximum atomic E-state index is 13.3. The zero-order valence-electron chi connectivity index (χ0n) is 24.3. The van der Waals surface area contributed by atoms with Crippen molar-refractivity contribution in [3.63, 3.8) is 0 Å². The van der Waals surface area contributed by atoms with Gasteiger partial charge in [-0.1, -0.05) is 87.2 Å². The first-order valence-corrected chi connectivity index (χ1v) is 15.0. The molecule has 2 N–H and O–H groups in total. The first kappa shape index (κ1) is 33.2. The molecule has 0 aliphatic rings. The number of phosphoric acid groups is 1. The lowest BCUT2D eigenvalue weighted by molar-refractivity contribution is 0.298. The number of rotatable bonds is 12. The van der Waals surface area contributed by atoms with Crippen LogP contribution in [-0.4, -0.2) is 26.2 Å². The van der Waals surface area contributed by atoms with Gasteiger partial charge in [-0.3, -0.25) is 0 Å². The molecule has 3 rings (SSSR count). The molecule has 0 atom stereocenters. The number of aryl methyl sites for hydroxylation is 3. The molecule has 38 heavy (non-hydrogen) atoms. The fourth-order valence-electron chi connectivity index (χ4n) is 2.97. The molecule has 210 valence electrons. The van der Waals surface area contributed by atoms with Crippen molar-refractivity contribution in [2.24, 2.45) is 0 Å². The van der Waals surface area contributed by atoms with Gasteiger partial charge in [0.25, 0.3) is 0 Å². The van der Waals surface area contributed by atoms with Gasteiger partial charge in [0.15, 0.2) is 0 Å². The molecule has 7 heteroatoms. The van der Waals surface area contributed by atoms with E-state index in [9.17, 15) is 4.57 Å². The SMILES string of the molecule is CCCCNCC.CCNCC.Cc1ccc(OP(=O)(Oc2ccc(C)cc2)Oc2ccc(C)cc2)cc1. The Morgan fingerprint density at radius 3 is 1.11 bits per heavy atom. The largest absolute Gasteiger partial charge is 0.647 e. The number of benzene rings is 3. The lowest BCUT2D eigenvalue weighted by atomic mass is 10.2. The van der Waals surface area contributed by atoms with E-state index in [1.807, 2.05) is 57.2 Å². The summed E-state index contributed by atoms with van der Waals surface area (Å²) >= 11 is 0. The van der Waals surface area contributed by atoms with Gasteiger partial charge in [0.05, 0.1) is 0 Å². The number of hydrogen-bond donors (Lipinski definition) is 2. The van der Waals surface area contributed by atoms with Gasteiger partial charge in [-0.15, -0.1) is 0 Å².